The number of halogens is 1. The molecular formula is C16H12FN3O. The van der Waals surface area contributed by atoms with Crippen LogP contribution in [0.3, 0.4) is 0 Å². The van der Waals surface area contributed by atoms with Gasteiger partial charge in [0.15, 0.2) is 12.0 Å². The number of carbonyl (C=O) groups excluding carboxylic acids is 1. The van der Waals surface area contributed by atoms with E-state index < -0.39 is 0 Å². The SMILES string of the molecule is Cc1cccc(-c2c(C=O)nnn2-c2cccc(F)c2)c1. The number of aromatic nitrogens is 3. The van der Waals surface area contributed by atoms with E-state index in [1.54, 1.807) is 12.1 Å². The summed E-state index contributed by atoms with van der Waals surface area (Å²) in [7, 11) is 0. The average molecular weight is 281 g/mol. The predicted octanol–water partition coefficient (Wildman–Crippen LogP) is 3.19. The zero-order valence-electron chi connectivity index (χ0n) is 11.3. The van der Waals surface area contributed by atoms with Crippen LogP contribution in [0.5, 0.6) is 0 Å². The van der Waals surface area contributed by atoms with Crippen molar-refractivity contribution in [1.82, 2.24) is 15.0 Å². The summed E-state index contributed by atoms with van der Waals surface area (Å²) in [6.45, 7) is 1.96. The van der Waals surface area contributed by atoms with Crippen molar-refractivity contribution in [3.8, 4) is 16.9 Å². The molecule has 5 heteroatoms. The van der Waals surface area contributed by atoms with Gasteiger partial charge in [-0.25, -0.2) is 9.07 Å². The summed E-state index contributed by atoms with van der Waals surface area (Å²) >= 11 is 0. The standard InChI is InChI=1S/C16H12FN3O/c1-11-4-2-5-12(8-11)16-15(10-21)18-19-20(16)14-7-3-6-13(17)9-14/h2-10H,1H3. The maximum Gasteiger partial charge on any atom is 0.172 e. The number of rotatable bonds is 3. The van der Waals surface area contributed by atoms with E-state index in [4.69, 9.17) is 0 Å². The minimum Gasteiger partial charge on any atom is -0.296 e. The molecule has 0 unspecified atom stereocenters. The minimum absolute atomic E-state index is 0.227. The predicted molar refractivity (Wildman–Crippen MR) is 76.9 cm³/mol. The van der Waals surface area contributed by atoms with Gasteiger partial charge in [0.2, 0.25) is 0 Å². The lowest BCUT2D eigenvalue weighted by atomic mass is 10.1. The van der Waals surface area contributed by atoms with Crippen molar-refractivity contribution in [2.24, 2.45) is 0 Å². The molecule has 3 aromatic rings. The Morgan fingerprint density at radius 3 is 2.67 bits per heavy atom. The van der Waals surface area contributed by atoms with Gasteiger partial charge in [0.25, 0.3) is 0 Å². The molecule has 0 aliphatic carbocycles. The molecule has 0 N–H and O–H groups in total. The number of hydrogen-bond donors (Lipinski definition) is 0. The van der Waals surface area contributed by atoms with Crippen molar-refractivity contribution in [3.05, 3.63) is 65.6 Å². The highest BCUT2D eigenvalue weighted by atomic mass is 19.1. The van der Waals surface area contributed by atoms with E-state index in [1.165, 1.54) is 16.8 Å². The Morgan fingerprint density at radius 1 is 1.14 bits per heavy atom. The summed E-state index contributed by atoms with van der Waals surface area (Å²) in [6.07, 6.45) is 0.653. The van der Waals surface area contributed by atoms with Crippen LogP contribution >= 0.6 is 0 Å². The van der Waals surface area contributed by atoms with E-state index in [0.29, 0.717) is 17.7 Å². The third kappa shape index (κ3) is 2.45. The van der Waals surface area contributed by atoms with Crippen LogP contribution in [0.2, 0.25) is 0 Å². The lowest BCUT2D eigenvalue weighted by Crippen LogP contribution is -2.00. The number of benzene rings is 2. The fourth-order valence-electron chi connectivity index (χ4n) is 2.22. The van der Waals surface area contributed by atoms with Crippen LogP contribution in [0.25, 0.3) is 16.9 Å². The third-order valence-corrected chi connectivity index (χ3v) is 3.15. The molecule has 104 valence electrons. The zero-order chi connectivity index (χ0) is 14.8. The van der Waals surface area contributed by atoms with Crippen molar-refractivity contribution in [1.29, 1.82) is 0 Å². The molecule has 0 amide bonds. The van der Waals surface area contributed by atoms with Gasteiger partial charge in [-0.05, 0) is 31.2 Å². The number of aryl methyl sites for hydroxylation is 1. The molecule has 0 saturated carbocycles. The molecule has 4 nitrogen and oxygen atoms in total. The van der Waals surface area contributed by atoms with Crippen LogP contribution < -0.4 is 0 Å². The molecule has 0 aliphatic rings. The minimum atomic E-state index is -0.370. The summed E-state index contributed by atoms with van der Waals surface area (Å²) in [5, 5.41) is 7.84. The van der Waals surface area contributed by atoms with E-state index in [-0.39, 0.29) is 11.5 Å². The third-order valence-electron chi connectivity index (χ3n) is 3.15. The highest BCUT2D eigenvalue weighted by Crippen LogP contribution is 2.25. The maximum absolute atomic E-state index is 13.4. The number of carbonyl (C=O) groups is 1. The van der Waals surface area contributed by atoms with Crippen LogP contribution in [0.15, 0.2) is 48.5 Å². The second-order valence-corrected chi connectivity index (χ2v) is 4.70. The summed E-state index contributed by atoms with van der Waals surface area (Å²) in [5.41, 5.74) is 3.17. The van der Waals surface area contributed by atoms with Crippen molar-refractivity contribution in [2.45, 2.75) is 6.92 Å². The molecule has 0 saturated heterocycles. The Morgan fingerprint density at radius 2 is 1.95 bits per heavy atom. The molecule has 0 bridgehead atoms. The second kappa shape index (κ2) is 5.28. The number of aldehydes is 1. The van der Waals surface area contributed by atoms with E-state index in [0.717, 1.165) is 11.1 Å². The van der Waals surface area contributed by atoms with Gasteiger partial charge in [0.05, 0.1) is 5.69 Å². The molecule has 3 rings (SSSR count). The van der Waals surface area contributed by atoms with E-state index in [2.05, 4.69) is 10.3 Å². The van der Waals surface area contributed by atoms with Crippen molar-refractivity contribution < 1.29 is 9.18 Å². The number of hydrogen-bond acceptors (Lipinski definition) is 3. The normalized spacial score (nSPS) is 10.6. The Bertz CT molecular complexity index is 811. The lowest BCUT2D eigenvalue weighted by molar-refractivity contribution is 0.111. The highest BCUT2D eigenvalue weighted by molar-refractivity contribution is 5.84. The molecular weight excluding hydrogens is 269 g/mol. The largest absolute Gasteiger partial charge is 0.296 e. The first-order valence-electron chi connectivity index (χ1n) is 6.43. The van der Waals surface area contributed by atoms with Crippen LogP contribution in [0.1, 0.15) is 16.1 Å². The molecule has 2 aromatic carbocycles. The van der Waals surface area contributed by atoms with Gasteiger partial charge >= 0.3 is 0 Å². The molecule has 0 spiro atoms. The van der Waals surface area contributed by atoms with Gasteiger partial charge < -0.3 is 0 Å². The average Bonchev–Trinajstić information content (AvgIpc) is 2.91. The zero-order valence-corrected chi connectivity index (χ0v) is 11.3. The van der Waals surface area contributed by atoms with Crippen LogP contribution in [0.4, 0.5) is 4.39 Å². The summed E-state index contributed by atoms with van der Waals surface area (Å²) in [6, 6.07) is 13.7. The van der Waals surface area contributed by atoms with E-state index >= 15 is 0 Å². The molecule has 1 aromatic heterocycles. The van der Waals surface area contributed by atoms with Gasteiger partial charge in [0, 0.05) is 5.56 Å². The number of nitrogens with zero attached hydrogens (tertiary/aromatic N) is 3. The molecule has 0 aliphatic heterocycles. The van der Waals surface area contributed by atoms with Gasteiger partial charge in [-0.3, -0.25) is 4.79 Å². The van der Waals surface area contributed by atoms with Crippen LogP contribution in [0, 0.1) is 12.7 Å². The fraction of sp³-hybridized carbons (Fsp3) is 0.0625. The Kier molecular flexibility index (Phi) is 3.31. The Balaban J connectivity index is 2.24. The van der Waals surface area contributed by atoms with Crippen LogP contribution in [-0.2, 0) is 0 Å². The summed E-state index contributed by atoms with van der Waals surface area (Å²) in [4.78, 5) is 11.2. The monoisotopic (exact) mass is 281 g/mol. The van der Waals surface area contributed by atoms with Gasteiger partial charge in [-0.1, -0.05) is 35.0 Å². The smallest absolute Gasteiger partial charge is 0.172 e. The first-order chi connectivity index (χ1) is 10.2. The van der Waals surface area contributed by atoms with Crippen molar-refractivity contribution in [3.63, 3.8) is 0 Å². The van der Waals surface area contributed by atoms with Gasteiger partial charge in [-0.2, -0.15) is 0 Å². The molecule has 21 heavy (non-hydrogen) atoms. The van der Waals surface area contributed by atoms with Crippen LogP contribution in [-0.4, -0.2) is 21.3 Å². The quantitative estimate of drug-likeness (QED) is 0.693. The summed E-state index contributed by atoms with van der Waals surface area (Å²) < 4.78 is 14.9. The van der Waals surface area contributed by atoms with Gasteiger partial charge in [-0.15, -0.1) is 5.10 Å². The van der Waals surface area contributed by atoms with E-state index in [9.17, 15) is 9.18 Å². The molecule has 0 fully saturated rings. The van der Waals surface area contributed by atoms with E-state index in [1.807, 2.05) is 31.2 Å². The fourth-order valence-corrected chi connectivity index (χ4v) is 2.22. The molecule has 0 atom stereocenters. The summed E-state index contributed by atoms with van der Waals surface area (Å²) in [5.74, 6) is -0.370. The highest BCUT2D eigenvalue weighted by Gasteiger charge is 2.16. The maximum atomic E-state index is 13.4. The first kappa shape index (κ1) is 13.2. The topological polar surface area (TPSA) is 47.8 Å². The molecule has 0 radical (unpaired) electrons. The Labute approximate surface area is 120 Å². The second-order valence-electron chi connectivity index (χ2n) is 4.70. The first-order valence-corrected chi connectivity index (χ1v) is 6.43. The Hall–Kier alpha value is -2.82. The lowest BCUT2D eigenvalue weighted by Gasteiger charge is -2.07. The van der Waals surface area contributed by atoms with Gasteiger partial charge in [0.1, 0.15) is 11.5 Å². The van der Waals surface area contributed by atoms with Crippen molar-refractivity contribution in [2.75, 3.05) is 0 Å². The van der Waals surface area contributed by atoms with Crippen molar-refractivity contribution >= 4 is 6.29 Å². The molecule has 1 heterocycles.